The lowest BCUT2D eigenvalue weighted by Gasteiger charge is -2.25. The van der Waals surface area contributed by atoms with Gasteiger partial charge in [0.2, 0.25) is 0 Å². The van der Waals surface area contributed by atoms with Crippen molar-refractivity contribution in [1.82, 2.24) is 30.6 Å². The Hall–Kier alpha value is -1.80. The van der Waals surface area contributed by atoms with Gasteiger partial charge in [-0.15, -0.1) is 14.8 Å². The van der Waals surface area contributed by atoms with Gasteiger partial charge in [-0.1, -0.05) is 0 Å². The van der Waals surface area contributed by atoms with E-state index in [4.69, 9.17) is 4.74 Å². The topological polar surface area (TPSA) is 80.5 Å². The average Bonchev–Trinajstić information content (AvgIpc) is 3.11. The summed E-state index contributed by atoms with van der Waals surface area (Å²) in [5.41, 5.74) is 0.669. The largest absolute Gasteiger partial charge is 0.383 e. The summed E-state index contributed by atoms with van der Waals surface area (Å²) in [5.74, 6) is 0.931. The number of rotatable bonds is 6. The van der Waals surface area contributed by atoms with E-state index >= 15 is 0 Å². The van der Waals surface area contributed by atoms with Crippen molar-refractivity contribution < 1.29 is 4.74 Å². The van der Waals surface area contributed by atoms with Crippen molar-refractivity contribution in [2.45, 2.75) is 18.9 Å². The first-order valence-corrected chi connectivity index (χ1v) is 6.90. The van der Waals surface area contributed by atoms with Crippen molar-refractivity contribution in [2.75, 3.05) is 38.3 Å². The van der Waals surface area contributed by atoms with Gasteiger partial charge in [0.25, 0.3) is 0 Å². The molecule has 0 bridgehead atoms. The van der Waals surface area contributed by atoms with Gasteiger partial charge in [-0.25, -0.2) is 0 Å². The molecule has 1 aliphatic heterocycles. The maximum atomic E-state index is 5.04. The van der Waals surface area contributed by atoms with Crippen LogP contribution in [0, 0.1) is 0 Å². The fraction of sp³-hybridized carbons (Fsp3) is 0.667. The smallest absolute Gasteiger partial charge is 0.200 e. The molecular weight excluding hydrogens is 258 g/mol. The van der Waals surface area contributed by atoms with E-state index in [1.54, 1.807) is 7.11 Å². The van der Waals surface area contributed by atoms with Crippen LogP contribution in [-0.2, 0) is 4.74 Å². The lowest BCUT2D eigenvalue weighted by atomic mass is 10.2. The van der Waals surface area contributed by atoms with E-state index in [-0.39, 0.29) is 0 Å². The molecule has 8 heteroatoms. The molecule has 3 rings (SSSR count). The van der Waals surface area contributed by atoms with Crippen LogP contribution in [0.2, 0.25) is 0 Å². The summed E-state index contributed by atoms with van der Waals surface area (Å²) in [6.07, 6.45) is 2.36. The summed E-state index contributed by atoms with van der Waals surface area (Å²) in [6.45, 7) is 3.58. The van der Waals surface area contributed by atoms with Crippen LogP contribution in [0.25, 0.3) is 5.65 Å². The van der Waals surface area contributed by atoms with Crippen LogP contribution in [0.5, 0.6) is 0 Å². The SMILES string of the molecule is COCCNCC1CCCN1c1ccc2nnnn2n1. The lowest BCUT2D eigenvalue weighted by molar-refractivity contribution is 0.199. The summed E-state index contributed by atoms with van der Waals surface area (Å²) < 4.78 is 6.52. The number of fused-ring (bicyclic) bond motifs is 1. The molecule has 20 heavy (non-hydrogen) atoms. The zero-order valence-corrected chi connectivity index (χ0v) is 11.6. The van der Waals surface area contributed by atoms with Crippen LogP contribution in [0.15, 0.2) is 12.1 Å². The van der Waals surface area contributed by atoms with Gasteiger partial charge < -0.3 is 15.0 Å². The average molecular weight is 277 g/mol. The summed E-state index contributed by atoms with van der Waals surface area (Å²) in [5, 5.41) is 19.2. The molecule has 1 atom stereocenters. The Bertz CT molecular complexity index is 557. The summed E-state index contributed by atoms with van der Waals surface area (Å²) >= 11 is 0. The third-order valence-corrected chi connectivity index (χ3v) is 3.59. The van der Waals surface area contributed by atoms with Crippen LogP contribution in [0.4, 0.5) is 5.82 Å². The third kappa shape index (κ3) is 2.70. The number of hydrogen-bond donors (Lipinski definition) is 1. The Morgan fingerprint density at radius 1 is 1.45 bits per heavy atom. The van der Waals surface area contributed by atoms with Crippen molar-refractivity contribution >= 4 is 11.5 Å². The molecule has 1 unspecified atom stereocenters. The van der Waals surface area contributed by atoms with Crippen LogP contribution in [0.1, 0.15) is 12.8 Å². The Labute approximate surface area is 117 Å². The standard InChI is InChI=1S/C12H19N7O/c1-20-8-6-13-9-10-3-2-7-18(10)12-5-4-11-14-16-17-19(11)15-12/h4-5,10,13H,2-3,6-9H2,1H3. The van der Waals surface area contributed by atoms with Gasteiger partial charge in [0.15, 0.2) is 11.5 Å². The highest BCUT2D eigenvalue weighted by Crippen LogP contribution is 2.23. The molecule has 1 fully saturated rings. The van der Waals surface area contributed by atoms with Gasteiger partial charge in [0, 0.05) is 32.8 Å². The number of hydrogen-bond acceptors (Lipinski definition) is 7. The minimum atomic E-state index is 0.466. The zero-order chi connectivity index (χ0) is 13.8. The van der Waals surface area contributed by atoms with Crippen LogP contribution < -0.4 is 10.2 Å². The maximum absolute atomic E-state index is 5.04. The molecule has 1 N–H and O–H groups in total. The second-order valence-corrected chi connectivity index (χ2v) is 4.90. The monoisotopic (exact) mass is 277 g/mol. The summed E-state index contributed by atoms with van der Waals surface area (Å²) in [6, 6.07) is 4.35. The highest BCUT2D eigenvalue weighted by atomic mass is 16.5. The Balaban J connectivity index is 1.67. The fourth-order valence-corrected chi connectivity index (χ4v) is 2.59. The zero-order valence-electron chi connectivity index (χ0n) is 11.6. The van der Waals surface area contributed by atoms with Crippen molar-refractivity contribution in [3.8, 4) is 0 Å². The molecule has 3 heterocycles. The Kier molecular flexibility index (Phi) is 4.03. The number of methoxy groups -OCH3 is 1. The Morgan fingerprint density at radius 2 is 2.40 bits per heavy atom. The van der Waals surface area contributed by atoms with E-state index in [0.717, 1.165) is 32.1 Å². The van der Waals surface area contributed by atoms with Crippen LogP contribution in [0.3, 0.4) is 0 Å². The predicted octanol–water partition coefficient (Wildman–Crippen LogP) is -0.276. The lowest BCUT2D eigenvalue weighted by Crippen LogP contribution is -2.39. The molecule has 1 aliphatic rings. The van der Waals surface area contributed by atoms with E-state index in [0.29, 0.717) is 11.7 Å². The minimum Gasteiger partial charge on any atom is -0.383 e. The number of nitrogens with one attached hydrogen (secondary N) is 1. The van der Waals surface area contributed by atoms with E-state index in [1.807, 2.05) is 12.1 Å². The second-order valence-electron chi connectivity index (χ2n) is 4.90. The summed E-state index contributed by atoms with van der Waals surface area (Å²) in [7, 11) is 1.72. The summed E-state index contributed by atoms with van der Waals surface area (Å²) in [4.78, 5) is 2.32. The second kappa shape index (κ2) is 6.10. The highest BCUT2D eigenvalue weighted by molar-refractivity contribution is 5.45. The van der Waals surface area contributed by atoms with Crippen LogP contribution in [-0.4, -0.2) is 64.6 Å². The van der Waals surface area contributed by atoms with E-state index < -0.39 is 0 Å². The molecule has 0 radical (unpaired) electrons. The molecular formula is C12H19N7O. The first-order valence-electron chi connectivity index (χ1n) is 6.90. The molecule has 0 aromatic carbocycles. The number of tetrazole rings is 1. The first-order chi connectivity index (χ1) is 9.88. The van der Waals surface area contributed by atoms with Gasteiger partial charge in [0.05, 0.1) is 6.61 Å². The number of nitrogens with zero attached hydrogens (tertiary/aromatic N) is 6. The molecule has 0 aliphatic carbocycles. The van der Waals surface area contributed by atoms with Crippen LogP contribution >= 0.6 is 0 Å². The molecule has 108 valence electrons. The predicted molar refractivity (Wildman–Crippen MR) is 73.7 cm³/mol. The van der Waals surface area contributed by atoms with Gasteiger partial charge in [-0.05, 0) is 35.4 Å². The quantitative estimate of drug-likeness (QED) is 0.728. The van der Waals surface area contributed by atoms with Gasteiger partial charge >= 0.3 is 0 Å². The third-order valence-electron chi connectivity index (χ3n) is 3.59. The van der Waals surface area contributed by atoms with Gasteiger partial charge in [-0.2, -0.15) is 0 Å². The molecule has 0 spiro atoms. The number of anilines is 1. The normalized spacial score (nSPS) is 19.1. The Morgan fingerprint density at radius 3 is 3.30 bits per heavy atom. The molecule has 2 aromatic rings. The fourth-order valence-electron chi connectivity index (χ4n) is 2.59. The minimum absolute atomic E-state index is 0.466. The number of aromatic nitrogens is 5. The molecule has 0 amide bonds. The van der Waals surface area contributed by atoms with Gasteiger partial charge in [-0.3, -0.25) is 0 Å². The highest BCUT2D eigenvalue weighted by Gasteiger charge is 2.25. The van der Waals surface area contributed by atoms with Crippen molar-refractivity contribution in [3.63, 3.8) is 0 Å². The van der Waals surface area contributed by atoms with Crippen molar-refractivity contribution in [3.05, 3.63) is 12.1 Å². The maximum Gasteiger partial charge on any atom is 0.200 e. The van der Waals surface area contributed by atoms with E-state index in [9.17, 15) is 0 Å². The van der Waals surface area contributed by atoms with E-state index in [1.165, 1.54) is 17.5 Å². The number of ether oxygens (including phenoxy) is 1. The molecule has 2 aromatic heterocycles. The van der Waals surface area contributed by atoms with E-state index in [2.05, 4.69) is 30.8 Å². The van der Waals surface area contributed by atoms with Gasteiger partial charge in [0.1, 0.15) is 0 Å². The molecule has 8 nitrogen and oxygen atoms in total. The van der Waals surface area contributed by atoms with Crippen molar-refractivity contribution in [2.24, 2.45) is 0 Å². The van der Waals surface area contributed by atoms with Crippen molar-refractivity contribution in [1.29, 1.82) is 0 Å². The molecule has 0 saturated carbocycles. The first kappa shape index (κ1) is 13.2. The molecule has 1 saturated heterocycles.